The molecule has 0 saturated heterocycles. The molecule has 0 radical (unpaired) electrons. The largest absolute Gasteiger partial charge is 0.494 e. The molecule has 1 aromatic rings. The first kappa shape index (κ1) is 26.3. The van der Waals surface area contributed by atoms with E-state index in [0.717, 1.165) is 31.1 Å². The molecule has 1 rings (SSSR count). The van der Waals surface area contributed by atoms with E-state index in [1.165, 1.54) is 69.3 Å². The molecule has 3 nitrogen and oxygen atoms in total. The van der Waals surface area contributed by atoms with Crippen LogP contribution in [0.1, 0.15) is 77.6 Å². The Balaban J connectivity index is 2.11. The van der Waals surface area contributed by atoms with Crippen LogP contribution < -0.4 is 4.74 Å². The summed E-state index contributed by atoms with van der Waals surface area (Å²) in [6.07, 6.45) is 14.2. The third-order valence-corrected chi connectivity index (χ3v) is 6.55. The lowest BCUT2D eigenvalue weighted by molar-refractivity contribution is -0.108. The Morgan fingerprint density at radius 3 is 2.17 bits per heavy atom. The molecule has 0 aromatic heterocycles. The van der Waals surface area contributed by atoms with Gasteiger partial charge in [0.05, 0.1) is 6.61 Å². The number of benzene rings is 1. The maximum absolute atomic E-state index is 5.76. The number of rotatable bonds is 20. The van der Waals surface area contributed by atoms with Crippen molar-refractivity contribution >= 4 is 11.8 Å². The first-order valence-electron chi connectivity index (χ1n) is 11.6. The fourth-order valence-electron chi connectivity index (χ4n) is 3.62. The second-order valence-corrected chi connectivity index (χ2v) is 9.04. The zero-order valence-corrected chi connectivity index (χ0v) is 19.9. The van der Waals surface area contributed by atoms with E-state index in [2.05, 4.69) is 18.7 Å². The van der Waals surface area contributed by atoms with Gasteiger partial charge in [-0.2, -0.15) is 11.8 Å². The van der Waals surface area contributed by atoms with E-state index in [1.54, 1.807) is 14.2 Å². The monoisotopic (exact) mass is 424 g/mol. The van der Waals surface area contributed by atoms with Crippen LogP contribution in [0.2, 0.25) is 0 Å². The maximum Gasteiger partial charge on any atom is 0.156 e. The zero-order chi connectivity index (χ0) is 21.0. The van der Waals surface area contributed by atoms with Gasteiger partial charge in [0, 0.05) is 14.2 Å². The minimum absolute atomic E-state index is 0.0448. The molecule has 0 aliphatic heterocycles. The molecule has 1 unspecified atom stereocenters. The van der Waals surface area contributed by atoms with Crippen LogP contribution in [0.25, 0.3) is 0 Å². The first-order valence-corrected chi connectivity index (χ1v) is 12.8. The van der Waals surface area contributed by atoms with Crippen molar-refractivity contribution in [2.75, 3.05) is 32.3 Å². The van der Waals surface area contributed by atoms with Gasteiger partial charge in [-0.15, -0.1) is 0 Å². The molecule has 0 spiro atoms. The molecule has 1 aromatic carbocycles. The molecule has 0 N–H and O–H groups in total. The highest BCUT2D eigenvalue weighted by atomic mass is 32.2. The summed E-state index contributed by atoms with van der Waals surface area (Å²) in [7, 11) is 3.48. The smallest absolute Gasteiger partial charge is 0.156 e. The standard InChI is InChI=1S/C25H44O3S/c1-4-5-6-7-9-14-23(18-19-25(26-2)27-3)15-12-21-29-22-13-20-28-24-16-10-8-11-17-24/h8,10-11,16-17,23,25H,4-7,9,12-15,18-22H2,1-3H3. The molecule has 0 saturated carbocycles. The lowest BCUT2D eigenvalue weighted by atomic mass is 9.91. The Labute approximate surface area is 184 Å². The average molecular weight is 425 g/mol. The van der Waals surface area contributed by atoms with Crippen LogP contribution >= 0.6 is 11.8 Å². The van der Waals surface area contributed by atoms with Gasteiger partial charge in [0.2, 0.25) is 0 Å². The Morgan fingerprint density at radius 1 is 0.759 bits per heavy atom. The van der Waals surface area contributed by atoms with Gasteiger partial charge in [0.15, 0.2) is 6.29 Å². The van der Waals surface area contributed by atoms with Crippen molar-refractivity contribution in [1.29, 1.82) is 0 Å². The number of ether oxygens (including phenoxy) is 3. The number of para-hydroxylation sites is 1. The number of hydrogen-bond donors (Lipinski definition) is 0. The Hall–Kier alpha value is -0.710. The van der Waals surface area contributed by atoms with Crippen molar-refractivity contribution in [2.24, 2.45) is 5.92 Å². The summed E-state index contributed by atoms with van der Waals surface area (Å²) in [5, 5.41) is 0. The second kappa shape index (κ2) is 19.3. The fourth-order valence-corrected chi connectivity index (χ4v) is 4.51. The Kier molecular flexibility index (Phi) is 17.5. The topological polar surface area (TPSA) is 27.7 Å². The van der Waals surface area contributed by atoms with Crippen LogP contribution in [-0.2, 0) is 9.47 Å². The van der Waals surface area contributed by atoms with Gasteiger partial charge < -0.3 is 14.2 Å². The molecule has 0 aliphatic rings. The quantitative estimate of drug-likeness (QED) is 0.162. The molecular formula is C25H44O3S. The van der Waals surface area contributed by atoms with Crippen molar-refractivity contribution in [3.63, 3.8) is 0 Å². The molecule has 168 valence electrons. The molecular weight excluding hydrogens is 380 g/mol. The van der Waals surface area contributed by atoms with Gasteiger partial charge in [0.1, 0.15) is 5.75 Å². The number of hydrogen-bond acceptors (Lipinski definition) is 4. The van der Waals surface area contributed by atoms with Gasteiger partial charge in [-0.3, -0.25) is 0 Å². The van der Waals surface area contributed by atoms with E-state index in [4.69, 9.17) is 14.2 Å². The summed E-state index contributed by atoms with van der Waals surface area (Å²) in [4.78, 5) is 0. The molecule has 0 heterocycles. The summed E-state index contributed by atoms with van der Waals surface area (Å²) < 4.78 is 16.5. The van der Waals surface area contributed by atoms with E-state index < -0.39 is 0 Å². The summed E-state index contributed by atoms with van der Waals surface area (Å²) in [6.45, 7) is 3.09. The number of methoxy groups -OCH3 is 2. The van der Waals surface area contributed by atoms with E-state index in [1.807, 2.05) is 30.3 Å². The van der Waals surface area contributed by atoms with E-state index in [0.29, 0.717) is 0 Å². The van der Waals surface area contributed by atoms with E-state index >= 15 is 0 Å². The SMILES string of the molecule is CCCCCCCC(CCCSCCCOc1ccccc1)CCC(OC)OC. The highest BCUT2D eigenvalue weighted by Crippen LogP contribution is 2.24. The van der Waals surface area contributed by atoms with Crippen LogP contribution in [0, 0.1) is 5.92 Å². The van der Waals surface area contributed by atoms with Gasteiger partial charge >= 0.3 is 0 Å². The minimum Gasteiger partial charge on any atom is -0.494 e. The zero-order valence-electron chi connectivity index (χ0n) is 19.1. The van der Waals surface area contributed by atoms with Gasteiger partial charge in [-0.05, 0) is 61.7 Å². The third-order valence-electron chi connectivity index (χ3n) is 5.40. The maximum atomic E-state index is 5.76. The predicted molar refractivity (Wildman–Crippen MR) is 127 cm³/mol. The average Bonchev–Trinajstić information content (AvgIpc) is 2.76. The summed E-state index contributed by atoms with van der Waals surface area (Å²) >= 11 is 2.07. The first-order chi connectivity index (χ1) is 14.3. The fraction of sp³-hybridized carbons (Fsp3) is 0.760. The molecule has 0 aliphatic carbocycles. The molecule has 29 heavy (non-hydrogen) atoms. The number of unbranched alkanes of at least 4 members (excludes halogenated alkanes) is 4. The van der Waals surface area contributed by atoms with Gasteiger partial charge in [-0.1, -0.05) is 63.6 Å². The number of thioether (sulfide) groups is 1. The summed E-state index contributed by atoms with van der Waals surface area (Å²) in [5.41, 5.74) is 0. The minimum atomic E-state index is -0.0448. The van der Waals surface area contributed by atoms with Crippen LogP contribution in [0.3, 0.4) is 0 Å². The Morgan fingerprint density at radius 2 is 1.45 bits per heavy atom. The van der Waals surface area contributed by atoms with Crippen LogP contribution in [0.15, 0.2) is 30.3 Å². The lowest BCUT2D eigenvalue weighted by Gasteiger charge is -2.20. The second-order valence-electron chi connectivity index (χ2n) is 7.82. The summed E-state index contributed by atoms with van der Waals surface area (Å²) in [5.74, 6) is 4.23. The Bertz CT molecular complexity index is 451. The van der Waals surface area contributed by atoms with Crippen LogP contribution in [0.5, 0.6) is 5.75 Å². The lowest BCUT2D eigenvalue weighted by Crippen LogP contribution is -2.15. The van der Waals surface area contributed by atoms with E-state index in [-0.39, 0.29) is 6.29 Å². The highest BCUT2D eigenvalue weighted by Gasteiger charge is 2.13. The van der Waals surface area contributed by atoms with Crippen LogP contribution in [0.4, 0.5) is 0 Å². The van der Waals surface area contributed by atoms with Crippen molar-refractivity contribution in [3.8, 4) is 5.75 Å². The molecule has 0 amide bonds. The van der Waals surface area contributed by atoms with E-state index in [9.17, 15) is 0 Å². The van der Waals surface area contributed by atoms with Gasteiger partial charge in [0.25, 0.3) is 0 Å². The van der Waals surface area contributed by atoms with Gasteiger partial charge in [-0.25, -0.2) is 0 Å². The molecule has 0 fully saturated rings. The highest BCUT2D eigenvalue weighted by molar-refractivity contribution is 7.99. The van der Waals surface area contributed by atoms with Crippen LogP contribution in [-0.4, -0.2) is 38.6 Å². The van der Waals surface area contributed by atoms with Crippen molar-refractivity contribution in [2.45, 2.75) is 83.8 Å². The van der Waals surface area contributed by atoms with Crippen molar-refractivity contribution in [3.05, 3.63) is 30.3 Å². The molecule has 0 bridgehead atoms. The third kappa shape index (κ3) is 14.8. The predicted octanol–water partition coefficient (Wildman–Crippen LogP) is 7.34. The normalized spacial score (nSPS) is 12.4. The van der Waals surface area contributed by atoms with Crippen molar-refractivity contribution in [1.82, 2.24) is 0 Å². The van der Waals surface area contributed by atoms with Crippen molar-refractivity contribution < 1.29 is 14.2 Å². The summed E-state index contributed by atoms with van der Waals surface area (Å²) in [6, 6.07) is 10.1. The molecule has 4 heteroatoms. The molecule has 1 atom stereocenters.